The molecule has 2 rings (SSSR count). The van der Waals surface area contributed by atoms with Gasteiger partial charge in [0.25, 0.3) is 0 Å². The zero-order valence-corrected chi connectivity index (χ0v) is 17.1. The van der Waals surface area contributed by atoms with Crippen LogP contribution in [0.3, 0.4) is 0 Å². The van der Waals surface area contributed by atoms with Crippen LogP contribution in [-0.2, 0) is 14.3 Å². The fourth-order valence-corrected chi connectivity index (χ4v) is 4.30. The van der Waals surface area contributed by atoms with Crippen molar-refractivity contribution in [1.82, 2.24) is 9.88 Å². The molecule has 1 aromatic heterocycles. The van der Waals surface area contributed by atoms with Gasteiger partial charge in [-0.1, -0.05) is 0 Å². The first-order valence-corrected chi connectivity index (χ1v) is 9.85. The summed E-state index contributed by atoms with van der Waals surface area (Å²) in [4.78, 5) is 33.3. The van der Waals surface area contributed by atoms with Gasteiger partial charge in [-0.2, -0.15) is 5.26 Å². The third-order valence-electron chi connectivity index (χ3n) is 4.35. The Labute approximate surface area is 163 Å². The molecule has 26 heavy (non-hydrogen) atoms. The van der Waals surface area contributed by atoms with Gasteiger partial charge in [-0.25, -0.2) is 9.88 Å². The molecule has 1 aliphatic rings. The fraction of sp³-hybridized carbons (Fsp3) is 0.529. The molecule has 2 unspecified atom stereocenters. The predicted molar refractivity (Wildman–Crippen MR) is 103 cm³/mol. The summed E-state index contributed by atoms with van der Waals surface area (Å²) >= 11 is 5.98. The number of nitriles is 1. The molecule has 1 aliphatic heterocycles. The Hall–Kier alpha value is -1.76. The van der Waals surface area contributed by atoms with Gasteiger partial charge < -0.3 is 4.74 Å². The number of esters is 1. The van der Waals surface area contributed by atoms with Crippen LogP contribution < -0.4 is 4.90 Å². The summed E-state index contributed by atoms with van der Waals surface area (Å²) in [5.74, 6) is -0.607. The number of aromatic nitrogens is 1. The minimum atomic E-state index is -0.952. The first-order chi connectivity index (χ1) is 12.2. The van der Waals surface area contributed by atoms with Crippen LogP contribution in [0.1, 0.15) is 33.4 Å². The second-order valence-electron chi connectivity index (χ2n) is 6.27. The van der Waals surface area contributed by atoms with Crippen LogP contribution in [0.15, 0.2) is 17.2 Å². The van der Waals surface area contributed by atoms with E-state index in [9.17, 15) is 9.59 Å². The maximum absolute atomic E-state index is 13.1. The minimum absolute atomic E-state index is 0.202. The Bertz CT molecular complexity index is 763. The first-order valence-electron chi connectivity index (χ1n) is 8.11. The molecule has 1 aromatic rings. The highest BCUT2D eigenvalue weighted by Gasteiger charge is 2.54. The molecule has 7 nitrogen and oxygen atoms in total. The van der Waals surface area contributed by atoms with Crippen molar-refractivity contribution in [2.24, 2.45) is 0 Å². The lowest BCUT2D eigenvalue weighted by Gasteiger charge is -2.34. The van der Waals surface area contributed by atoms with Crippen molar-refractivity contribution in [3.05, 3.63) is 18.0 Å². The van der Waals surface area contributed by atoms with E-state index in [0.717, 1.165) is 0 Å². The Morgan fingerprint density at radius 3 is 2.77 bits per heavy atom. The van der Waals surface area contributed by atoms with E-state index in [1.807, 2.05) is 12.3 Å². The molecule has 9 heteroatoms. The lowest BCUT2D eigenvalue weighted by Crippen LogP contribution is -2.52. The molecule has 2 atom stereocenters. The van der Waals surface area contributed by atoms with Crippen LogP contribution >= 0.6 is 24.4 Å². The number of ether oxygens (including phenoxy) is 1. The van der Waals surface area contributed by atoms with Gasteiger partial charge in [-0.05, 0) is 40.0 Å². The van der Waals surface area contributed by atoms with Crippen LogP contribution in [0.4, 0.5) is 5.69 Å². The molecule has 140 valence electrons. The zero-order valence-electron chi connectivity index (χ0n) is 15.4. The Morgan fingerprint density at radius 1 is 1.58 bits per heavy atom. The van der Waals surface area contributed by atoms with Crippen molar-refractivity contribution in [1.29, 1.82) is 5.26 Å². The van der Waals surface area contributed by atoms with Crippen LogP contribution in [0.5, 0.6) is 0 Å². The SMILES string of the molecule is CCOC(=O)C(C)N1C(S)N(c2cnc(C#N)c(SC)c2)C(=O)C1(C)C. The van der Waals surface area contributed by atoms with Crippen LogP contribution in [0.2, 0.25) is 0 Å². The normalized spacial score (nSPS) is 20.7. The van der Waals surface area contributed by atoms with Gasteiger partial charge in [0.15, 0.2) is 5.69 Å². The van der Waals surface area contributed by atoms with Crippen molar-refractivity contribution >= 4 is 42.0 Å². The number of hydrogen-bond donors (Lipinski definition) is 1. The number of anilines is 1. The van der Waals surface area contributed by atoms with E-state index in [1.54, 1.807) is 38.7 Å². The number of nitrogens with zero attached hydrogens (tertiary/aromatic N) is 4. The summed E-state index contributed by atoms with van der Waals surface area (Å²) in [6, 6.07) is 3.13. The van der Waals surface area contributed by atoms with E-state index in [2.05, 4.69) is 17.6 Å². The Morgan fingerprint density at radius 2 is 2.23 bits per heavy atom. The number of amides is 1. The van der Waals surface area contributed by atoms with Gasteiger partial charge in [-0.3, -0.25) is 14.5 Å². The smallest absolute Gasteiger partial charge is 0.323 e. The van der Waals surface area contributed by atoms with E-state index in [0.29, 0.717) is 16.3 Å². The van der Waals surface area contributed by atoms with E-state index in [1.165, 1.54) is 22.9 Å². The molecule has 2 heterocycles. The average Bonchev–Trinajstić information content (AvgIpc) is 2.78. The second-order valence-corrected chi connectivity index (χ2v) is 7.58. The number of carbonyl (C=O) groups is 2. The van der Waals surface area contributed by atoms with Gasteiger partial charge >= 0.3 is 5.97 Å². The minimum Gasteiger partial charge on any atom is -0.465 e. The number of rotatable bonds is 5. The summed E-state index contributed by atoms with van der Waals surface area (Å²) in [6.07, 6.45) is 3.32. The molecule has 0 aromatic carbocycles. The predicted octanol–water partition coefficient (Wildman–Crippen LogP) is 2.27. The number of carbonyl (C=O) groups excluding carboxylic acids is 2. The van der Waals surface area contributed by atoms with Gasteiger partial charge in [0, 0.05) is 4.90 Å². The maximum Gasteiger partial charge on any atom is 0.323 e. The molecular weight excluding hydrogens is 372 g/mol. The third-order valence-corrected chi connectivity index (χ3v) is 5.59. The Kier molecular flexibility index (Phi) is 6.21. The fourth-order valence-electron chi connectivity index (χ4n) is 3.04. The summed E-state index contributed by atoms with van der Waals surface area (Å²) in [5, 5.41) is 9.14. The van der Waals surface area contributed by atoms with Gasteiger partial charge in [0.1, 0.15) is 17.6 Å². The largest absolute Gasteiger partial charge is 0.465 e. The summed E-state index contributed by atoms with van der Waals surface area (Å²) in [7, 11) is 0. The van der Waals surface area contributed by atoms with Crippen molar-refractivity contribution in [3.8, 4) is 6.07 Å². The van der Waals surface area contributed by atoms with Crippen molar-refractivity contribution in [3.63, 3.8) is 0 Å². The summed E-state index contributed by atoms with van der Waals surface area (Å²) in [6.45, 7) is 7.20. The van der Waals surface area contributed by atoms with E-state index in [-0.39, 0.29) is 12.5 Å². The second kappa shape index (κ2) is 7.86. The van der Waals surface area contributed by atoms with E-state index >= 15 is 0 Å². The van der Waals surface area contributed by atoms with E-state index in [4.69, 9.17) is 10.00 Å². The quantitative estimate of drug-likeness (QED) is 0.466. The number of thiol groups is 1. The molecule has 0 spiro atoms. The van der Waals surface area contributed by atoms with Crippen molar-refractivity contribution < 1.29 is 14.3 Å². The molecule has 1 amide bonds. The third kappa shape index (κ3) is 3.41. The highest BCUT2D eigenvalue weighted by molar-refractivity contribution is 7.98. The summed E-state index contributed by atoms with van der Waals surface area (Å²) in [5.41, 5.74) is -0.780. The zero-order chi connectivity index (χ0) is 19.6. The highest BCUT2D eigenvalue weighted by Crippen LogP contribution is 2.39. The van der Waals surface area contributed by atoms with Gasteiger partial charge in [0.05, 0.1) is 24.0 Å². The van der Waals surface area contributed by atoms with Crippen molar-refractivity contribution in [2.45, 2.75) is 49.7 Å². The standard InChI is InChI=1S/C17H22N4O3S2/c1-6-24-14(22)10(2)21-16(25)20(15(23)17(21,3)4)11-7-13(26-5)12(8-18)19-9-11/h7,9-10,16,25H,6H2,1-5H3. The molecule has 1 saturated heterocycles. The highest BCUT2D eigenvalue weighted by atomic mass is 32.2. The number of pyridine rings is 1. The van der Waals surface area contributed by atoms with Crippen LogP contribution in [0.25, 0.3) is 0 Å². The molecule has 0 bridgehead atoms. The topological polar surface area (TPSA) is 86.5 Å². The van der Waals surface area contributed by atoms with Gasteiger partial charge in [0.2, 0.25) is 5.91 Å². The van der Waals surface area contributed by atoms with E-state index < -0.39 is 23.0 Å². The molecule has 0 N–H and O–H groups in total. The molecular formula is C17H22N4O3S2. The lowest BCUT2D eigenvalue weighted by atomic mass is 10.0. The number of thioether (sulfide) groups is 1. The molecule has 0 saturated carbocycles. The monoisotopic (exact) mass is 394 g/mol. The maximum atomic E-state index is 13.1. The van der Waals surface area contributed by atoms with Gasteiger partial charge in [-0.15, -0.1) is 24.4 Å². The van der Waals surface area contributed by atoms with Crippen LogP contribution in [0, 0.1) is 11.3 Å². The molecule has 0 radical (unpaired) electrons. The molecule has 1 fully saturated rings. The Balaban J connectivity index is 2.45. The first kappa shape index (κ1) is 20.6. The molecule has 0 aliphatic carbocycles. The number of hydrogen-bond acceptors (Lipinski definition) is 8. The lowest BCUT2D eigenvalue weighted by molar-refractivity contribution is -0.151. The van der Waals surface area contributed by atoms with Crippen molar-refractivity contribution in [2.75, 3.05) is 17.8 Å². The van der Waals surface area contributed by atoms with Crippen LogP contribution in [-0.4, -0.2) is 51.7 Å². The summed E-state index contributed by atoms with van der Waals surface area (Å²) < 4.78 is 5.10. The average molecular weight is 395 g/mol.